The number of H-pyrrole nitrogens is 1. The van der Waals surface area contributed by atoms with E-state index in [-0.39, 0.29) is 10.7 Å². The minimum absolute atomic E-state index is 0.184. The molecule has 102 valence electrons. The fourth-order valence-corrected chi connectivity index (χ4v) is 3.97. The summed E-state index contributed by atoms with van der Waals surface area (Å²) in [6.45, 7) is 0. The van der Waals surface area contributed by atoms with Gasteiger partial charge in [-0.05, 0) is 17.7 Å². The number of carbonyl (C=O) groups is 1. The molecule has 3 rings (SSSR count). The number of nitrogens with one attached hydrogen (secondary N) is 1. The molecule has 0 spiro atoms. The lowest BCUT2D eigenvalue weighted by atomic mass is 10.1. The number of nitrogens with zero attached hydrogens (tertiary/aromatic N) is 1. The van der Waals surface area contributed by atoms with Crippen LogP contribution in [-0.4, -0.2) is 21.0 Å². The van der Waals surface area contributed by atoms with Crippen molar-refractivity contribution in [2.75, 3.05) is 0 Å². The summed E-state index contributed by atoms with van der Waals surface area (Å²) in [5.41, 5.74) is 0.511. The smallest absolute Gasteiger partial charge is 0.346 e. The van der Waals surface area contributed by atoms with Gasteiger partial charge in [-0.3, -0.25) is 0 Å². The largest absolute Gasteiger partial charge is 0.477 e. The van der Waals surface area contributed by atoms with Crippen molar-refractivity contribution in [2.24, 2.45) is 0 Å². The van der Waals surface area contributed by atoms with Crippen LogP contribution in [0.5, 0.6) is 0 Å². The summed E-state index contributed by atoms with van der Waals surface area (Å²) in [5, 5.41) is 10.3. The van der Waals surface area contributed by atoms with Gasteiger partial charge in [0.1, 0.15) is 10.7 Å². The Morgan fingerprint density at radius 2 is 2.35 bits per heavy atom. The molecule has 1 aromatic carbocycles. The molecule has 2 aromatic heterocycles. The van der Waals surface area contributed by atoms with E-state index in [1.165, 1.54) is 17.8 Å². The molecule has 0 aliphatic heterocycles. The Balaban J connectivity index is 2.06. The van der Waals surface area contributed by atoms with Crippen LogP contribution in [0.1, 0.15) is 15.2 Å². The first-order valence-corrected chi connectivity index (χ1v) is 7.52. The van der Waals surface area contributed by atoms with Crippen molar-refractivity contribution in [2.45, 2.75) is 10.9 Å². The first-order chi connectivity index (χ1) is 9.66. The number of benzene rings is 1. The number of rotatable bonds is 4. The summed E-state index contributed by atoms with van der Waals surface area (Å²) >= 11 is 2.45. The van der Waals surface area contributed by atoms with E-state index in [0.717, 1.165) is 11.3 Å². The van der Waals surface area contributed by atoms with Crippen LogP contribution >= 0.6 is 23.1 Å². The number of aromatic amines is 1. The number of aromatic nitrogens is 2. The third-order valence-electron chi connectivity index (χ3n) is 2.78. The highest BCUT2D eigenvalue weighted by Gasteiger charge is 2.20. The highest BCUT2D eigenvalue weighted by Crippen LogP contribution is 2.36. The van der Waals surface area contributed by atoms with Gasteiger partial charge in [0.2, 0.25) is 0 Å². The first kappa shape index (κ1) is 13.1. The summed E-state index contributed by atoms with van der Waals surface area (Å²) in [7, 11) is 0. The van der Waals surface area contributed by atoms with Crippen LogP contribution < -0.4 is 0 Å². The summed E-state index contributed by atoms with van der Waals surface area (Å²) in [6, 6.07) is 4.67. The maximum absolute atomic E-state index is 14.0. The average molecular weight is 308 g/mol. The molecule has 3 aromatic rings. The molecule has 2 N–H and O–H groups in total. The Hall–Kier alpha value is -1.86. The number of fused-ring (bicyclic) bond motifs is 1. The quantitative estimate of drug-likeness (QED) is 0.720. The average Bonchev–Trinajstić information content (AvgIpc) is 3.03. The highest BCUT2D eigenvalue weighted by molar-refractivity contribution is 7.98. The number of thiophene rings is 1. The Bertz CT molecular complexity index is 768. The number of carboxylic acids is 1. The van der Waals surface area contributed by atoms with Gasteiger partial charge in [-0.25, -0.2) is 14.2 Å². The van der Waals surface area contributed by atoms with E-state index in [2.05, 4.69) is 9.97 Å². The number of thioether (sulfide) groups is 1. The maximum Gasteiger partial charge on any atom is 0.346 e. The standard InChI is InChI=1S/C13H9FN2O2S2/c14-8-2-1-3-9-10(8)7(11(20-9)12(17)18)6-19-13-15-4-5-16-13/h1-5H,6H2,(H,15,16)(H,17,18). The monoisotopic (exact) mass is 308 g/mol. The predicted octanol–water partition coefficient (Wildman–Crippen LogP) is 3.75. The van der Waals surface area contributed by atoms with Gasteiger partial charge in [-0.15, -0.1) is 11.3 Å². The molecule has 0 aliphatic carbocycles. The van der Waals surface area contributed by atoms with Crippen LogP contribution in [0.15, 0.2) is 35.7 Å². The van der Waals surface area contributed by atoms with Gasteiger partial charge in [0.15, 0.2) is 5.16 Å². The second kappa shape index (κ2) is 5.26. The molecule has 0 saturated heterocycles. The van der Waals surface area contributed by atoms with Gasteiger partial charge in [0, 0.05) is 28.2 Å². The van der Waals surface area contributed by atoms with Gasteiger partial charge in [0.25, 0.3) is 0 Å². The van der Waals surface area contributed by atoms with E-state index in [4.69, 9.17) is 0 Å². The third kappa shape index (κ3) is 2.30. The zero-order chi connectivity index (χ0) is 14.1. The fraction of sp³-hybridized carbons (Fsp3) is 0.0769. The molecule has 0 aliphatic rings. The summed E-state index contributed by atoms with van der Waals surface area (Å²) in [5.74, 6) is -1.06. The van der Waals surface area contributed by atoms with E-state index in [1.807, 2.05) is 0 Å². The van der Waals surface area contributed by atoms with Crippen LogP contribution in [0.25, 0.3) is 10.1 Å². The predicted molar refractivity (Wildman–Crippen MR) is 76.9 cm³/mol. The van der Waals surface area contributed by atoms with Crippen molar-refractivity contribution in [3.63, 3.8) is 0 Å². The zero-order valence-electron chi connectivity index (χ0n) is 10.1. The number of aromatic carboxylic acids is 1. The summed E-state index contributed by atoms with van der Waals surface area (Å²) < 4.78 is 14.6. The van der Waals surface area contributed by atoms with E-state index < -0.39 is 5.97 Å². The number of hydrogen-bond donors (Lipinski definition) is 2. The molecule has 7 heteroatoms. The molecule has 0 atom stereocenters. The number of halogens is 1. The Labute approximate surface area is 121 Å². The van der Waals surface area contributed by atoms with Crippen molar-refractivity contribution in [3.8, 4) is 0 Å². The maximum atomic E-state index is 14.0. The van der Waals surface area contributed by atoms with Crippen LogP contribution in [0, 0.1) is 5.82 Å². The van der Waals surface area contributed by atoms with Gasteiger partial charge < -0.3 is 10.1 Å². The third-order valence-corrected chi connectivity index (χ3v) is 4.90. The molecule has 0 bridgehead atoms. The van der Waals surface area contributed by atoms with Crippen LogP contribution in [0.3, 0.4) is 0 Å². The van der Waals surface area contributed by atoms with Crippen molar-refractivity contribution in [1.29, 1.82) is 0 Å². The molecule has 0 fully saturated rings. The van der Waals surface area contributed by atoms with Crippen LogP contribution in [0.2, 0.25) is 0 Å². The lowest BCUT2D eigenvalue weighted by Gasteiger charge is -2.01. The summed E-state index contributed by atoms with van der Waals surface area (Å²) in [6.07, 6.45) is 3.31. The second-order valence-corrected chi connectivity index (χ2v) is 6.03. The topological polar surface area (TPSA) is 66.0 Å². The normalized spacial score (nSPS) is 11.1. The van der Waals surface area contributed by atoms with E-state index >= 15 is 0 Å². The molecule has 2 heterocycles. The van der Waals surface area contributed by atoms with Gasteiger partial charge in [-0.1, -0.05) is 17.8 Å². The van der Waals surface area contributed by atoms with Crippen molar-refractivity contribution >= 4 is 39.2 Å². The molecule has 0 radical (unpaired) electrons. The SMILES string of the molecule is O=C(O)c1sc2cccc(F)c2c1CSc1ncc[nH]1. The Morgan fingerprint density at radius 1 is 1.50 bits per heavy atom. The fourth-order valence-electron chi connectivity index (χ4n) is 1.95. The minimum atomic E-state index is -1.03. The molecule has 0 saturated carbocycles. The van der Waals surface area contributed by atoms with Gasteiger partial charge >= 0.3 is 5.97 Å². The second-order valence-electron chi connectivity index (χ2n) is 4.01. The lowest BCUT2D eigenvalue weighted by Crippen LogP contribution is -1.97. The number of hydrogen-bond acceptors (Lipinski definition) is 4. The van der Waals surface area contributed by atoms with Gasteiger partial charge in [0.05, 0.1) is 0 Å². The summed E-state index contributed by atoms with van der Waals surface area (Å²) in [4.78, 5) is 18.5. The van der Waals surface area contributed by atoms with Crippen LogP contribution in [-0.2, 0) is 5.75 Å². The Kier molecular flexibility index (Phi) is 3.45. The molecule has 20 heavy (non-hydrogen) atoms. The van der Waals surface area contributed by atoms with E-state index in [0.29, 0.717) is 26.6 Å². The minimum Gasteiger partial charge on any atom is -0.477 e. The zero-order valence-corrected chi connectivity index (χ0v) is 11.7. The van der Waals surface area contributed by atoms with Crippen molar-refractivity contribution in [1.82, 2.24) is 9.97 Å². The number of imidazole rings is 1. The molecule has 0 amide bonds. The first-order valence-electron chi connectivity index (χ1n) is 5.72. The highest BCUT2D eigenvalue weighted by atomic mass is 32.2. The Morgan fingerprint density at radius 3 is 3.05 bits per heavy atom. The molecular formula is C13H9FN2O2S2. The van der Waals surface area contributed by atoms with Crippen molar-refractivity contribution in [3.05, 3.63) is 46.9 Å². The lowest BCUT2D eigenvalue weighted by molar-refractivity contribution is 0.0701. The molecule has 4 nitrogen and oxygen atoms in total. The van der Waals surface area contributed by atoms with E-state index in [1.54, 1.807) is 24.5 Å². The van der Waals surface area contributed by atoms with Crippen LogP contribution in [0.4, 0.5) is 4.39 Å². The molecule has 0 unspecified atom stereocenters. The number of carboxylic acid groups (broad SMARTS) is 1. The van der Waals surface area contributed by atoms with Gasteiger partial charge in [-0.2, -0.15) is 0 Å². The van der Waals surface area contributed by atoms with Crippen molar-refractivity contribution < 1.29 is 14.3 Å². The molecular weight excluding hydrogens is 299 g/mol. The van der Waals surface area contributed by atoms with E-state index in [9.17, 15) is 14.3 Å².